The van der Waals surface area contributed by atoms with E-state index in [9.17, 15) is 14.7 Å². The second kappa shape index (κ2) is 8.86. The van der Waals surface area contributed by atoms with Crippen molar-refractivity contribution in [2.45, 2.75) is 50.9 Å². The van der Waals surface area contributed by atoms with E-state index in [-0.39, 0.29) is 24.9 Å². The molecule has 0 fully saturated rings. The van der Waals surface area contributed by atoms with Crippen molar-refractivity contribution in [2.75, 3.05) is 26.9 Å². The molecule has 0 bridgehead atoms. The average Bonchev–Trinajstić information content (AvgIpc) is 3.01. The van der Waals surface area contributed by atoms with Crippen LogP contribution in [0.25, 0.3) is 0 Å². The van der Waals surface area contributed by atoms with Crippen LogP contribution in [-0.2, 0) is 31.0 Å². The van der Waals surface area contributed by atoms with Crippen LogP contribution in [0.4, 0.5) is 0 Å². The zero-order valence-electron chi connectivity index (χ0n) is 18.6. The number of rotatable bonds is 6. The highest BCUT2D eigenvalue weighted by Gasteiger charge is 2.52. The molecule has 172 valence electrons. The van der Waals surface area contributed by atoms with E-state index in [1.165, 1.54) is 0 Å². The second-order valence-electron chi connectivity index (χ2n) is 8.14. The number of carbonyl (C=O) groups excluding carboxylic acids is 2. The predicted octanol–water partition coefficient (Wildman–Crippen LogP) is 2.23. The Morgan fingerprint density at radius 3 is 2.62 bits per heavy atom. The van der Waals surface area contributed by atoms with Gasteiger partial charge in [0.2, 0.25) is 0 Å². The molecule has 3 aliphatic rings. The van der Waals surface area contributed by atoms with Crippen molar-refractivity contribution in [3.8, 4) is 11.5 Å². The smallest absolute Gasteiger partial charge is 0.347 e. The van der Waals surface area contributed by atoms with Gasteiger partial charge in [0.05, 0.1) is 31.8 Å². The SMILES string of the molecule is CCOC(=O)C(=CN1CCC23C=C[C@H](O)CC2Oc2c(OC)ccc(c23)C1)C(=O)OCC. The molecular weight excluding hydrogens is 414 g/mol. The third-order valence-corrected chi connectivity index (χ3v) is 6.29. The second-order valence-corrected chi connectivity index (χ2v) is 8.14. The molecule has 0 radical (unpaired) electrons. The maximum absolute atomic E-state index is 12.4. The monoisotopic (exact) mass is 443 g/mol. The number of hydrogen-bond acceptors (Lipinski definition) is 8. The number of hydrogen-bond donors (Lipinski definition) is 1. The Balaban J connectivity index is 1.75. The molecule has 0 amide bonds. The number of nitrogens with zero attached hydrogens (tertiary/aromatic N) is 1. The Labute approximate surface area is 187 Å². The van der Waals surface area contributed by atoms with Gasteiger partial charge in [0.25, 0.3) is 0 Å². The lowest BCUT2D eigenvalue weighted by atomic mass is 9.69. The minimum atomic E-state index is -0.699. The first-order valence-electron chi connectivity index (χ1n) is 11.0. The average molecular weight is 443 g/mol. The van der Waals surface area contributed by atoms with Crippen LogP contribution < -0.4 is 9.47 Å². The number of carbonyl (C=O) groups is 2. The van der Waals surface area contributed by atoms with Crippen LogP contribution in [0.2, 0.25) is 0 Å². The van der Waals surface area contributed by atoms with Crippen LogP contribution in [0.1, 0.15) is 37.8 Å². The van der Waals surface area contributed by atoms with Gasteiger partial charge < -0.3 is 29.0 Å². The highest BCUT2D eigenvalue weighted by atomic mass is 16.6. The molecule has 1 aromatic carbocycles. The van der Waals surface area contributed by atoms with Crippen LogP contribution >= 0.6 is 0 Å². The fraction of sp³-hybridized carbons (Fsp3) is 0.500. The molecular formula is C24H29NO7. The molecule has 2 aliphatic heterocycles. The summed E-state index contributed by atoms with van der Waals surface area (Å²) >= 11 is 0. The van der Waals surface area contributed by atoms with E-state index in [1.807, 2.05) is 29.2 Å². The van der Waals surface area contributed by atoms with E-state index in [0.29, 0.717) is 37.4 Å². The summed E-state index contributed by atoms with van der Waals surface area (Å²) in [6, 6.07) is 3.86. The van der Waals surface area contributed by atoms with Crippen molar-refractivity contribution in [3.05, 3.63) is 47.2 Å². The molecule has 2 unspecified atom stereocenters. The highest BCUT2D eigenvalue weighted by Crippen LogP contribution is 2.55. The topological polar surface area (TPSA) is 94.5 Å². The van der Waals surface area contributed by atoms with E-state index in [1.54, 1.807) is 27.2 Å². The molecule has 4 rings (SSSR count). The van der Waals surface area contributed by atoms with Crippen LogP contribution in [0, 0.1) is 0 Å². The number of esters is 2. The van der Waals surface area contributed by atoms with Crippen molar-refractivity contribution in [3.63, 3.8) is 0 Å². The summed E-state index contributed by atoms with van der Waals surface area (Å²) in [7, 11) is 1.61. The van der Waals surface area contributed by atoms with Crippen LogP contribution in [0.5, 0.6) is 11.5 Å². The minimum absolute atomic E-state index is 0.126. The zero-order valence-corrected chi connectivity index (χ0v) is 18.6. The molecule has 0 saturated carbocycles. The Kier molecular flexibility index (Phi) is 6.15. The number of methoxy groups -OCH3 is 1. The molecule has 1 aliphatic carbocycles. The predicted molar refractivity (Wildman–Crippen MR) is 115 cm³/mol. The third kappa shape index (κ3) is 3.72. The summed E-state index contributed by atoms with van der Waals surface area (Å²) in [6.07, 6.45) is 5.81. The molecule has 1 spiro atoms. The highest BCUT2D eigenvalue weighted by molar-refractivity contribution is 6.13. The molecule has 0 saturated heterocycles. The maximum Gasteiger partial charge on any atom is 0.347 e. The largest absolute Gasteiger partial charge is 0.493 e. The quantitative estimate of drug-likeness (QED) is 0.235. The number of ether oxygens (including phenoxy) is 4. The lowest BCUT2D eigenvalue weighted by molar-refractivity contribution is -0.146. The summed E-state index contributed by atoms with van der Waals surface area (Å²) in [6.45, 7) is 4.75. The van der Waals surface area contributed by atoms with E-state index >= 15 is 0 Å². The normalized spacial score (nSPS) is 25.1. The van der Waals surface area contributed by atoms with Gasteiger partial charge in [0, 0.05) is 31.3 Å². The number of benzene rings is 1. The first-order chi connectivity index (χ1) is 15.4. The summed E-state index contributed by atoms with van der Waals surface area (Å²) < 4.78 is 22.0. The lowest BCUT2D eigenvalue weighted by Crippen LogP contribution is -2.42. The van der Waals surface area contributed by atoms with Crippen molar-refractivity contribution in [1.82, 2.24) is 4.90 Å². The van der Waals surface area contributed by atoms with E-state index < -0.39 is 23.5 Å². The summed E-state index contributed by atoms with van der Waals surface area (Å²) in [5.41, 5.74) is 1.54. The van der Waals surface area contributed by atoms with Gasteiger partial charge in [0.1, 0.15) is 6.10 Å². The molecule has 32 heavy (non-hydrogen) atoms. The molecule has 1 aromatic rings. The lowest BCUT2D eigenvalue weighted by Gasteiger charge is -2.35. The van der Waals surface area contributed by atoms with Gasteiger partial charge in [-0.2, -0.15) is 0 Å². The van der Waals surface area contributed by atoms with Gasteiger partial charge in [0.15, 0.2) is 17.1 Å². The van der Waals surface area contributed by atoms with Crippen molar-refractivity contribution >= 4 is 11.9 Å². The van der Waals surface area contributed by atoms with Crippen LogP contribution in [0.3, 0.4) is 0 Å². The summed E-state index contributed by atoms with van der Waals surface area (Å²) in [5.74, 6) is -0.0391. The van der Waals surface area contributed by atoms with Crippen molar-refractivity contribution in [2.24, 2.45) is 0 Å². The van der Waals surface area contributed by atoms with Gasteiger partial charge >= 0.3 is 11.9 Å². The summed E-state index contributed by atoms with van der Waals surface area (Å²) in [4.78, 5) is 26.8. The molecule has 8 heteroatoms. The van der Waals surface area contributed by atoms with E-state index in [0.717, 1.165) is 11.1 Å². The van der Waals surface area contributed by atoms with Gasteiger partial charge in [-0.25, -0.2) is 9.59 Å². The third-order valence-electron chi connectivity index (χ3n) is 6.29. The Morgan fingerprint density at radius 1 is 1.25 bits per heavy atom. The first-order valence-corrected chi connectivity index (χ1v) is 11.0. The maximum atomic E-state index is 12.4. The number of aliphatic hydroxyl groups excluding tert-OH is 1. The standard InChI is InChI=1S/C24H29NO7/c1-4-30-22(27)17(23(28)31-5-2)14-25-11-10-24-9-8-16(26)12-19(24)32-21-18(29-3)7-6-15(13-25)20(21)24/h6-9,14,16,19,26H,4-5,10-13H2,1-3H3/t16-,19?,24?/m0/s1. The van der Waals surface area contributed by atoms with Crippen LogP contribution in [0.15, 0.2) is 36.1 Å². The Morgan fingerprint density at radius 2 is 1.97 bits per heavy atom. The number of aliphatic hydroxyl groups is 1. The minimum Gasteiger partial charge on any atom is -0.493 e. The van der Waals surface area contributed by atoms with E-state index in [2.05, 4.69) is 0 Å². The fourth-order valence-electron chi connectivity index (χ4n) is 4.86. The van der Waals surface area contributed by atoms with Gasteiger partial charge in [-0.1, -0.05) is 18.2 Å². The Bertz CT molecular complexity index is 949. The van der Waals surface area contributed by atoms with Gasteiger partial charge in [-0.3, -0.25) is 0 Å². The summed E-state index contributed by atoms with van der Waals surface area (Å²) in [5, 5.41) is 10.2. The molecule has 2 heterocycles. The molecule has 8 nitrogen and oxygen atoms in total. The van der Waals surface area contributed by atoms with Gasteiger partial charge in [-0.05, 0) is 31.9 Å². The van der Waals surface area contributed by atoms with Gasteiger partial charge in [-0.15, -0.1) is 0 Å². The molecule has 0 aromatic heterocycles. The van der Waals surface area contributed by atoms with Crippen LogP contribution in [-0.4, -0.2) is 61.0 Å². The first kappa shape index (κ1) is 22.2. The fourth-order valence-corrected chi connectivity index (χ4v) is 4.86. The van der Waals surface area contributed by atoms with Crippen molar-refractivity contribution < 1.29 is 33.6 Å². The molecule has 3 atom stereocenters. The zero-order chi connectivity index (χ0) is 22.9. The molecule has 1 N–H and O–H groups in total. The Hall–Kier alpha value is -3.00. The van der Waals surface area contributed by atoms with Crippen molar-refractivity contribution in [1.29, 1.82) is 0 Å². The van der Waals surface area contributed by atoms with E-state index in [4.69, 9.17) is 18.9 Å².